The second-order valence-corrected chi connectivity index (χ2v) is 4.69. The predicted octanol–water partition coefficient (Wildman–Crippen LogP) is 4.02. The van der Waals surface area contributed by atoms with E-state index in [0.29, 0.717) is 18.8 Å². The molecule has 0 amide bonds. The van der Waals surface area contributed by atoms with Gasteiger partial charge in [0.25, 0.3) is 0 Å². The Hall–Kier alpha value is -1.37. The Morgan fingerprint density at radius 1 is 1.31 bits per heavy atom. The van der Waals surface area contributed by atoms with E-state index in [1.54, 1.807) is 0 Å². The SMILES string of the molecule is C=C(C)CC(=O)C[C@H](C)c1ccc(C)cc1. The first-order valence-corrected chi connectivity index (χ1v) is 5.71. The van der Waals surface area contributed by atoms with Crippen molar-refractivity contribution in [2.45, 2.75) is 39.5 Å². The maximum atomic E-state index is 11.6. The summed E-state index contributed by atoms with van der Waals surface area (Å²) in [6, 6.07) is 8.40. The molecule has 1 aromatic rings. The highest BCUT2D eigenvalue weighted by molar-refractivity contribution is 5.81. The molecule has 0 unspecified atom stereocenters. The van der Waals surface area contributed by atoms with Crippen LogP contribution < -0.4 is 0 Å². The average Bonchev–Trinajstić information content (AvgIpc) is 2.16. The second-order valence-electron chi connectivity index (χ2n) is 4.69. The van der Waals surface area contributed by atoms with Crippen LogP contribution in [0.2, 0.25) is 0 Å². The molecule has 0 saturated heterocycles. The maximum Gasteiger partial charge on any atom is 0.137 e. The minimum Gasteiger partial charge on any atom is -0.299 e. The van der Waals surface area contributed by atoms with E-state index >= 15 is 0 Å². The topological polar surface area (TPSA) is 17.1 Å². The molecular weight excluding hydrogens is 196 g/mol. The summed E-state index contributed by atoms with van der Waals surface area (Å²) in [4.78, 5) is 11.6. The van der Waals surface area contributed by atoms with Gasteiger partial charge in [0.05, 0.1) is 0 Å². The lowest BCUT2D eigenvalue weighted by molar-refractivity contribution is -0.118. The number of hydrogen-bond donors (Lipinski definition) is 0. The van der Waals surface area contributed by atoms with Crippen molar-refractivity contribution in [2.75, 3.05) is 0 Å². The summed E-state index contributed by atoms with van der Waals surface area (Å²) in [5.74, 6) is 0.577. The van der Waals surface area contributed by atoms with Crippen molar-refractivity contribution in [2.24, 2.45) is 0 Å². The van der Waals surface area contributed by atoms with Gasteiger partial charge >= 0.3 is 0 Å². The number of Topliss-reactive ketones (excluding diaryl/α,β-unsaturated/α-hetero) is 1. The summed E-state index contributed by atoms with van der Waals surface area (Å²) in [5, 5.41) is 0. The van der Waals surface area contributed by atoms with Crippen LogP contribution in [-0.2, 0) is 4.79 Å². The summed E-state index contributed by atoms with van der Waals surface area (Å²) in [6.07, 6.45) is 1.12. The van der Waals surface area contributed by atoms with Crippen LogP contribution in [0.25, 0.3) is 0 Å². The van der Waals surface area contributed by atoms with Crippen molar-refractivity contribution in [3.63, 3.8) is 0 Å². The number of carbonyl (C=O) groups excluding carboxylic acids is 1. The summed E-state index contributed by atoms with van der Waals surface area (Å²) in [5.41, 5.74) is 3.44. The number of allylic oxidation sites excluding steroid dienone is 1. The van der Waals surface area contributed by atoms with E-state index in [1.807, 2.05) is 6.92 Å². The van der Waals surface area contributed by atoms with E-state index in [2.05, 4.69) is 44.7 Å². The zero-order valence-electron chi connectivity index (χ0n) is 10.4. The van der Waals surface area contributed by atoms with Gasteiger partial charge in [-0.3, -0.25) is 4.79 Å². The molecule has 1 aromatic carbocycles. The monoisotopic (exact) mass is 216 g/mol. The minimum atomic E-state index is 0.278. The third-order valence-electron chi connectivity index (χ3n) is 2.68. The maximum absolute atomic E-state index is 11.6. The Bertz CT molecular complexity index is 373. The van der Waals surface area contributed by atoms with Gasteiger partial charge in [-0.1, -0.05) is 48.9 Å². The lowest BCUT2D eigenvalue weighted by Gasteiger charge is -2.11. The van der Waals surface area contributed by atoms with Gasteiger partial charge < -0.3 is 0 Å². The third kappa shape index (κ3) is 4.01. The number of benzene rings is 1. The average molecular weight is 216 g/mol. The van der Waals surface area contributed by atoms with Crippen molar-refractivity contribution < 1.29 is 4.79 Å². The van der Waals surface area contributed by atoms with E-state index < -0.39 is 0 Å². The fourth-order valence-electron chi connectivity index (χ4n) is 1.76. The largest absolute Gasteiger partial charge is 0.299 e. The number of rotatable bonds is 5. The molecule has 16 heavy (non-hydrogen) atoms. The van der Waals surface area contributed by atoms with Gasteiger partial charge in [0.15, 0.2) is 0 Å². The summed E-state index contributed by atoms with van der Waals surface area (Å²) < 4.78 is 0. The molecule has 86 valence electrons. The van der Waals surface area contributed by atoms with Gasteiger partial charge in [0.2, 0.25) is 0 Å². The van der Waals surface area contributed by atoms with E-state index in [4.69, 9.17) is 0 Å². The minimum absolute atomic E-state index is 0.278. The molecule has 1 heteroatoms. The molecule has 0 aromatic heterocycles. The Morgan fingerprint density at radius 3 is 2.38 bits per heavy atom. The van der Waals surface area contributed by atoms with Crippen LogP contribution in [0.4, 0.5) is 0 Å². The third-order valence-corrected chi connectivity index (χ3v) is 2.68. The van der Waals surface area contributed by atoms with Gasteiger partial charge in [0, 0.05) is 12.8 Å². The molecule has 0 saturated carbocycles. The first-order chi connectivity index (χ1) is 7.49. The highest BCUT2D eigenvalue weighted by Crippen LogP contribution is 2.20. The standard InChI is InChI=1S/C15H20O/c1-11(2)9-15(16)10-13(4)14-7-5-12(3)6-8-14/h5-8,13H,1,9-10H2,2-4H3/t13-/m0/s1. The van der Waals surface area contributed by atoms with E-state index in [1.165, 1.54) is 11.1 Å². The Kier molecular flexibility index (Phi) is 4.48. The molecule has 0 fully saturated rings. The Morgan fingerprint density at radius 2 is 1.88 bits per heavy atom. The number of ketones is 1. The Balaban J connectivity index is 2.58. The quantitative estimate of drug-likeness (QED) is 0.679. The number of aryl methyl sites for hydroxylation is 1. The lowest BCUT2D eigenvalue weighted by Crippen LogP contribution is -2.04. The van der Waals surface area contributed by atoms with Gasteiger partial charge in [-0.25, -0.2) is 0 Å². The van der Waals surface area contributed by atoms with Crippen molar-refractivity contribution >= 4 is 5.78 Å². The predicted molar refractivity (Wildman–Crippen MR) is 68.6 cm³/mol. The fourth-order valence-corrected chi connectivity index (χ4v) is 1.76. The second kappa shape index (κ2) is 5.64. The molecule has 0 aliphatic heterocycles. The van der Waals surface area contributed by atoms with Crippen molar-refractivity contribution in [3.05, 3.63) is 47.5 Å². The molecule has 0 spiro atoms. The van der Waals surface area contributed by atoms with Crippen molar-refractivity contribution in [1.29, 1.82) is 0 Å². The van der Waals surface area contributed by atoms with Crippen LogP contribution in [0.3, 0.4) is 0 Å². The molecule has 1 atom stereocenters. The zero-order chi connectivity index (χ0) is 12.1. The van der Waals surface area contributed by atoms with Crippen molar-refractivity contribution in [3.8, 4) is 0 Å². The highest BCUT2D eigenvalue weighted by Gasteiger charge is 2.10. The molecule has 0 N–H and O–H groups in total. The normalized spacial score (nSPS) is 12.2. The van der Waals surface area contributed by atoms with Gasteiger partial charge in [-0.05, 0) is 25.3 Å². The smallest absolute Gasteiger partial charge is 0.137 e. The van der Waals surface area contributed by atoms with Crippen LogP contribution >= 0.6 is 0 Å². The van der Waals surface area contributed by atoms with Crippen LogP contribution in [-0.4, -0.2) is 5.78 Å². The van der Waals surface area contributed by atoms with E-state index in [-0.39, 0.29) is 5.78 Å². The molecule has 0 radical (unpaired) electrons. The van der Waals surface area contributed by atoms with E-state index in [0.717, 1.165) is 5.57 Å². The molecular formula is C15H20O. The fraction of sp³-hybridized carbons (Fsp3) is 0.400. The first-order valence-electron chi connectivity index (χ1n) is 5.71. The zero-order valence-corrected chi connectivity index (χ0v) is 10.4. The highest BCUT2D eigenvalue weighted by atomic mass is 16.1. The first kappa shape index (κ1) is 12.7. The van der Waals surface area contributed by atoms with Crippen molar-refractivity contribution in [1.82, 2.24) is 0 Å². The molecule has 0 aliphatic rings. The molecule has 1 nitrogen and oxygen atoms in total. The lowest BCUT2D eigenvalue weighted by atomic mass is 9.93. The molecule has 1 rings (SSSR count). The number of carbonyl (C=O) groups is 1. The van der Waals surface area contributed by atoms with Crippen LogP contribution in [0.5, 0.6) is 0 Å². The van der Waals surface area contributed by atoms with Crippen LogP contribution in [0.1, 0.15) is 43.7 Å². The Labute approximate surface area is 98.2 Å². The molecule has 0 aliphatic carbocycles. The van der Waals surface area contributed by atoms with Gasteiger partial charge in [0.1, 0.15) is 5.78 Å². The molecule has 0 heterocycles. The number of hydrogen-bond acceptors (Lipinski definition) is 1. The van der Waals surface area contributed by atoms with E-state index in [9.17, 15) is 4.79 Å². The van der Waals surface area contributed by atoms with Gasteiger partial charge in [-0.15, -0.1) is 0 Å². The summed E-state index contributed by atoms with van der Waals surface area (Å²) >= 11 is 0. The summed E-state index contributed by atoms with van der Waals surface area (Å²) in [7, 11) is 0. The van der Waals surface area contributed by atoms with Crippen LogP contribution in [0, 0.1) is 6.92 Å². The van der Waals surface area contributed by atoms with Crippen LogP contribution in [0.15, 0.2) is 36.4 Å². The summed E-state index contributed by atoms with van der Waals surface area (Å²) in [6.45, 7) is 9.83. The molecule has 0 bridgehead atoms. The van der Waals surface area contributed by atoms with Gasteiger partial charge in [-0.2, -0.15) is 0 Å².